The maximum Gasteiger partial charge on any atom is 0.198 e. The first-order chi connectivity index (χ1) is 10.4. The van der Waals surface area contributed by atoms with Gasteiger partial charge in [0.2, 0.25) is 0 Å². The molecule has 0 amide bonds. The number of hydrogen-bond donors (Lipinski definition) is 0. The summed E-state index contributed by atoms with van der Waals surface area (Å²) in [6, 6.07) is 4.08. The van der Waals surface area contributed by atoms with Crippen LogP contribution in [0.2, 0.25) is 0 Å². The highest BCUT2D eigenvalue weighted by molar-refractivity contribution is 9.11. The Morgan fingerprint density at radius 2 is 2.05 bits per heavy atom. The van der Waals surface area contributed by atoms with Crippen LogP contribution in [0, 0.1) is 0 Å². The SMILES string of the molecule is Cn1c(Sc2nc(C(C)(C)C)c(Br)s2)nnc1-c1cccs1. The lowest BCUT2D eigenvalue weighted by molar-refractivity contribution is 0.566. The second-order valence-corrected chi connectivity index (χ2v) is 10.3. The molecule has 8 heteroatoms. The van der Waals surface area contributed by atoms with Crippen LogP contribution in [0.1, 0.15) is 26.5 Å². The topological polar surface area (TPSA) is 43.6 Å². The summed E-state index contributed by atoms with van der Waals surface area (Å²) in [5.41, 5.74) is 1.11. The zero-order chi connectivity index (χ0) is 15.9. The van der Waals surface area contributed by atoms with Crippen molar-refractivity contribution >= 4 is 50.4 Å². The van der Waals surface area contributed by atoms with E-state index in [4.69, 9.17) is 4.98 Å². The maximum atomic E-state index is 4.75. The van der Waals surface area contributed by atoms with Crippen LogP contribution >= 0.6 is 50.4 Å². The van der Waals surface area contributed by atoms with Gasteiger partial charge in [0.05, 0.1) is 14.4 Å². The molecule has 22 heavy (non-hydrogen) atoms. The van der Waals surface area contributed by atoms with Gasteiger partial charge in [0.25, 0.3) is 0 Å². The Labute approximate surface area is 150 Å². The second-order valence-electron chi connectivity index (χ2n) is 5.80. The molecule has 0 radical (unpaired) electrons. The minimum absolute atomic E-state index is 0.0240. The Morgan fingerprint density at radius 1 is 1.27 bits per heavy atom. The van der Waals surface area contributed by atoms with E-state index >= 15 is 0 Å². The standard InChI is InChI=1S/C14H15BrN4S3/c1-14(2,3)9-10(15)21-13(16-9)22-12-18-17-11(19(12)4)8-6-5-7-20-8/h5-7H,1-4H3. The van der Waals surface area contributed by atoms with E-state index in [1.807, 2.05) is 23.1 Å². The van der Waals surface area contributed by atoms with Gasteiger partial charge in [0, 0.05) is 12.5 Å². The van der Waals surface area contributed by atoms with Gasteiger partial charge in [0.1, 0.15) is 0 Å². The van der Waals surface area contributed by atoms with E-state index in [1.165, 1.54) is 0 Å². The van der Waals surface area contributed by atoms with E-state index in [0.29, 0.717) is 0 Å². The molecule has 0 saturated carbocycles. The molecule has 0 fully saturated rings. The molecular weight excluding hydrogens is 400 g/mol. The Balaban J connectivity index is 1.89. The fraction of sp³-hybridized carbons (Fsp3) is 0.357. The highest BCUT2D eigenvalue weighted by Crippen LogP contribution is 2.39. The Morgan fingerprint density at radius 3 is 2.64 bits per heavy atom. The molecule has 3 rings (SSSR count). The van der Waals surface area contributed by atoms with Gasteiger partial charge in [-0.25, -0.2) is 4.98 Å². The summed E-state index contributed by atoms with van der Waals surface area (Å²) in [5, 5.41) is 11.5. The monoisotopic (exact) mass is 414 g/mol. The lowest BCUT2D eigenvalue weighted by Crippen LogP contribution is -2.12. The van der Waals surface area contributed by atoms with Gasteiger partial charge >= 0.3 is 0 Å². The molecule has 0 aliphatic rings. The lowest BCUT2D eigenvalue weighted by atomic mass is 9.93. The Hall–Kier alpha value is -0.700. The first-order valence-electron chi connectivity index (χ1n) is 6.64. The number of nitrogens with zero attached hydrogens (tertiary/aromatic N) is 4. The number of hydrogen-bond acceptors (Lipinski definition) is 6. The molecule has 0 unspecified atom stereocenters. The largest absolute Gasteiger partial charge is 0.304 e. The van der Waals surface area contributed by atoms with Gasteiger partial charge in [-0.2, -0.15) is 0 Å². The molecule has 0 spiro atoms. The summed E-state index contributed by atoms with van der Waals surface area (Å²) in [6.07, 6.45) is 0. The Kier molecular flexibility index (Phi) is 4.46. The van der Waals surface area contributed by atoms with Crippen LogP contribution in [-0.2, 0) is 12.5 Å². The highest BCUT2D eigenvalue weighted by Gasteiger charge is 2.23. The van der Waals surface area contributed by atoms with Gasteiger partial charge < -0.3 is 4.57 Å². The summed E-state index contributed by atoms with van der Waals surface area (Å²) < 4.78 is 4.08. The number of thiazole rings is 1. The fourth-order valence-electron chi connectivity index (χ4n) is 1.89. The Bertz CT molecular complexity index is 784. The van der Waals surface area contributed by atoms with Crippen LogP contribution in [0.5, 0.6) is 0 Å². The molecule has 4 nitrogen and oxygen atoms in total. The molecule has 0 saturated heterocycles. The van der Waals surface area contributed by atoms with Gasteiger partial charge in [-0.3, -0.25) is 0 Å². The van der Waals surface area contributed by atoms with E-state index < -0.39 is 0 Å². The molecule has 0 aliphatic heterocycles. The third-order valence-electron chi connectivity index (χ3n) is 3.03. The summed E-state index contributed by atoms with van der Waals surface area (Å²) in [7, 11) is 1.99. The van der Waals surface area contributed by atoms with Crippen LogP contribution in [-0.4, -0.2) is 19.7 Å². The molecular formula is C14H15BrN4S3. The smallest absolute Gasteiger partial charge is 0.198 e. The van der Waals surface area contributed by atoms with Crippen LogP contribution in [0.3, 0.4) is 0 Å². The van der Waals surface area contributed by atoms with Gasteiger partial charge in [0.15, 0.2) is 15.3 Å². The van der Waals surface area contributed by atoms with E-state index in [1.54, 1.807) is 34.4 Å². The minimum atomic E-state index is 0.0240. The molecule has 3 heterocycles. The van der Waals surface area contributed by atoms with Gasteiger partial charge in [-0.1, -0.05) is 38.2 Å². The number of halogens is 1. The van der Waals surface area contributed by atoms with Crippen molar-refractivity contribution < 1.29 is 0 Å². The number of aromatic nitrogens is 4. The average Bonchev–Trinajstić information content (AvgIpc) is 3.11. The summed E-state index contributed by atoms with van der Waals surface area (Å²) in [6.45, 7) is 6.50. The van der Waals surface area contributed by atoms with Gasteiger partial charge in [-0.15, -0.1) is 21.5 Å². The zero-order valence-electron chi connectivity index (χ0n) is 12.6. The van der Waals surface area contributed by atoms with Crippen LogP contribution < -0.4 is 0 Å². The van der Waals surface area contributed by atoms with Crippen molar-refractivity contribution in [2.75, 3.05) is 0 Å². The molecule has 0 atom stereocenters. The fourth-order valence-corrected chi connectivity index (χ4v) is 6.08. The molecule has 116 valence electrons. The predicted octanol–water partition coefficient (Wildman–Crippen LogP) is 5.21. The number of thiophene rings is 1. The zero-order valence-corrected chi connectivity index (χ0v) is 16.7. The van der Waals surface area contributed by atoms with Crippen molar-refractivity contribution in [1.29, 1.82) is 0 Å². The maximum absolute atomic E-state index is 4.75. The highest BCUT2D eigenvalue weighted by atomic mass is 79.9. The average molecular weight is 415 g/mol. The van der Waals surface area contributed by atoms with Gasteiger partial charge in [-0.05, 0) is 39.1 Å². The third kappa shape index (κ3) is 3.15. The lowest BCUT2D eigenvalue weighted by Gasteiger charge is -2.15. The molecule has 0 aliphatic carbocycles. The van der Waals surface area contributed by atoms with E-state index in [-0.39, 0.29) is 5.41 Å². The van der Waals surface area contributed by atoms with Crippen molar-refractivity contribution in [2.24, 2.45) is 7.05 Å². The summed E-state index contributed by atoms with van der Waals surface area (Å²) >= 11 is 8.49. The third-order valence-corrected chi connectivity index (χ3v) is 6.70. The normalized spacial score (nSPS) is 12.0. The van der Waals surface area contributed by atoms with Crippen molar-refractivity contribution in [1.82, 2.24) is 19.7 Å². The summed E-state index contributed by atoms with van der Waals surface area (Å²) in [5.74, 6) is 0.893. The summed E-state index contributed by atoms with van der Waals surface area (Å²) in [4.78, 5) is 5.87. The quantitative estimate of drug-likeness (QED) is 0.589. The van der Waals surface area contributed by atoms with Crippen LogP contribution in [0.4, 0.5) is 0 Å². The van der Waals surface area contributed by atoms with Crippen LogP contribution in [0.15, 0.2) is 30.8 Å². The predicted molar refractivity (Wildman–Crippen MR) is 97.0 cm³/mol. The van der Waals surface area contributed by atoms with Crippen LogP contribution in [0.25, 0.3) is 10.7 Å². The molecule has 3 aromatic rings. The second kappa shape index (κ2) is 6.07. The van der Waals surface area contributed by atoms with Crippen molar-refractivity contribution in [3.63, 3.8) is 0 Å². The molecule has 0 N–H and O–H groups in total. The van der Waals surface area contributed by atoms with E-state index in [0.717, 1.165) is 29.7 Å². The van der Waals surface area contributed by atoms with Crippen molar-refractivity contribution in [2.45, 2.75) is 35.7 Å². The van der Waals surface area contributed by atoms with E-state index in [2.05, 4.69) is 53.0 Å². The van der Waals surface area contributed by atoms with E-state index in [9.17, 15) is 0 Å². The van der Waals surface area contributed by atoms with Crippen molar-refractivity contribution in [3.8, 4) is 10.7 Å². The first-order valence-corrected chi connectivity index (χ1v) is 9.95. The minimum Gasteiger partial charge on any atom is -0.304 e. The van der Waals surface area contributed by atoms with Crippen molar-refractivity contribution in [3.05, 3.63) is 27.0 Å². The number of rotatable bonds is 3. The molecule has 3 aromatic heterocycles. The molecule has 0 aromatic carbocycles. The first kappa shape index (κ1) is 16.2. The molecule has 0 bridgehead atoms.